The van der Waals surface area contributed by atoms with Crippen LogP contribution in [0.15, 0.2) is 91.3 Å². The Morgan fingerprint density at radius 2 is 1.41 bits per heavy atom. The molecule has 0 radical (unpaired) electrons. The Morgan fingerprint density at radius 3 is 2.19 bits per heavy atom. The monoisotopic (exact) mass is 429 g/mol. The molecule has 160 valence electrons. The SMILES string of the molecule is FC(F)(F)C1CCCc2c1ccc1c2ccc2ccccc21.c1ccc2cnccc2c1. The molecule has 0 N–H and O–H groups in total. The standard InChI is InChI=1S/C19H15F3.C9H7N/c20-19(21,22)18-7-3-6-14-16-9-8-12-4-1-2-5-13(12)15(16)10-11-17(14)18;1-2-4-9-7-10-6-5-8(9)3-1/h1-2,4-5,8-11,18H,3,6-7H2;1-7H. The molecular formula is C28H22F3N. The largest absolute Gasteiger partial charge is 0.395 e. The average molecular weight is 429 g/mol. The molecule has 0 bridgehead atoms. The molecule has 0 saturated heterocycles. The van der Waals surface area contributed by atoms with Crippen molar-refractivity contribution >= 4 is 32.3 Å². The quantitative estimate of drug-likeness (QED) is 0.226. The van der Waals surface area contributed by atoms with Crippen LogP contribution in [0, 0.1) is 0 Å². The van der Waals surface area contributed by atoms with Crippen molar-refractivity contribution in [2.75, 3.05) is 0 Å². The maximum atomic E-state index is 13.3. The summed E-state index contributed by atoms with van der Waals surface area (Å²) < 4.78 is 39.8. The molecular weight excluding hydrogens is 407 g/mol. The van der Waals surface area contributed by atoms with Crippen molar-refractivity contribution in [3.63, 3.8) is 0 Å². The molecule has 1 atom stereocenters. The lowest BCUT2D eigenvalue weighted by atomic mass is 9.79. The summed E-state index contributed by atoms with van der Waals surface area (Å²) in [7, 11) is 0. The molecule has 1 heterocycles. The van der Waals surface area contributed by atoms with Crippen LogP contribution in [0.5, 0.6) is 0 Å². The molecule has 32 heavy (non-hydrogen) atoms. The Balaban J connectivity index is 0.000000180. The molecule has 0 fully saturated rings. The van der Waals surface area contributed by atoms with Crippen LogP contribution in [0.3, 0.4) is 0 Å². The fourth-order valence-corrected chi connectivity index (χ4v) is 4.78. The van der Waals surface area contributed by atoms with Crippen LogP contribution >= 0.6 is 0 Å². The second-order valence-electron chi connectivity index (χ2n) is 8.22. The van der Waals surface area contributed by atoms with Gasteiger partial charge < -0.3 is 0 Å². The van der Waals surface area contributed by atoms with Crippen molar-refractivity contribution < 1.29 is 13.2 Å². The average Bonchev–Trinajstić information content (AvgIpc) is 2.83. The molecule has 1 aliphatic rings. The third-order valence-corrected chi connectivity index (χ3v) is 6.31. The molecule has 0 saturated carbocycles. The highest BCUT2D eigenvalue weighted by molar-refractivity contribution is 6.08. The summed E-state index contributed by atoms with van der Waals surface area (Å²) in [5, 5.41) is 6.71. The minimum atomic E-state index is -4.15. The van der Waals surface area contributed by atoms with Crippen LogP contribution < -0.4 is 0 Å². The maximum absolute atomic E-state index is 13.3. The summed E-state index contributed by atoms with van der Waals surface area (Å²) in [6, 6.07) is 25.8. The highest BCUT2D eigenvalue weighted by Gasteiger charge is 2.42. The van der Waals surface area contributed by atoms with Crippen molar-refractivity contribution in [2.45, 2.75) is 31.4 Å². The first-order valence-corrected chi connectivity index (χ1v) is 10.8. The topological polar surface area (TPSA) is 12.9 Å². The lowest BCUT2D eigenvalue weighted by molar-refractivity contribution is -0.153. The third kappa shape index (κ3) is 3.81. The highest BCUT2D eigenvalue weighted by Crippen LogP contribution is 2.45. The van der Waals surface area contributed by atoms with E-state index in [1.165, 1.54) is 10.8 Å². The van der Waals surface area contributed by atoms with Crippen molar-refractivity contribution in [1.82, 2.24) is 4.98 Å². The van der Waals surface area contributed by atoms with E-state index >= 15 is 0 Å². The molecule has 0 aliphatic heterocycles. The Labute approximate surface area is 184 Å². The van der Waals surface area contributed by atoms with E-state index in [2.05, 4.69) is 17.1 Å². The van der Waals surface area contributed by atoms with Gasteiger partial charge in [0.2, 0.25) is 0 Å². The van der Waals surface area contributed by atoms with Gasteiger partial charge in [0.05, 0.1) is 5.92 Å². The van der Waals surface area contributed by atoms with E-state index in [1.807, 2.05) is 73.1 Å². The van der Waals surface area contributed by atoms with Crippen molar-refractivity contribution in [2.24, 2.45) is 0 Å². The molecule has 1 nitrogen and oxygen atoms in total. The van der Waals surface area contributed by atoms with E-state index in [-0.39, 0.29) is 6.42 Å². The number of hydrogen-bond acceptors (Lipinski definition) is 1. The first kappa shape index (κ1) is 20.5. The second-order valence-corrected chi connectivity index (χ2v) is 8.22. The van der Waals surface area contributed by atoms with Gasteiger partial charge in [-0.05, 0) is 68.8 Å². The number of hydrogen-bond donors (Lipinski definition) is 0. The van der Waals surface area contributed by atoms with Crippen LogP contribution in [-0.2, 0) is 6.42 Å². The van der Waals surface area contributed by atoms with Crippen LogP contribution in [-0.4, -0.2) is 11.2 Å². The fraction of sp³-hybridized carbons (Fsp3) is 0.179. The molecule has 6 rings (SSSR count). The van der Waals surface area contributed by atoms with Gasteiger partial charge in [-0.2, -0.15) is 13.2 Å². The molecule has 1 aromatic heterocycles. The zero-order chi connectivity index (χ0) is 22.1. The number of nitrogens with zero attached hydrogens (tertiary/aromatic N) is 1. The first-order chi connectivity index (χ1) is 15.5. The number of aromatic nitrogens is 1. The summed E-state index contributed by atoms with van der Waals surface area (Å²) in [5.74, 6) is -1.31. The lowest BCUT2D eigenvalue weighted by Gasteiger charge is -2.28. The van der Waals surface area contributed by atoms with Crippen LogP contribution in [0.25, 0.3) is 32.3 Å². The zero-order valence-electron chi connectivity index (χ0n) is 17.4. The number of benzene rings is 4. The normalized spacial score (nSPS) is 15.9. The van der Waals surface area contributed by atoms with Gasteiger partial charge in [-0.15, -0.1) is 0 Å². The summed E-state index contributed by atoms with van der Waals surface area (Å²) in [4.78, 5) is 4.01. The number of halogens is 3. The van der Waals surface area contributed by atoms with Gasteiger partial charge >= 0.3 is 6.18 Å². The predicted octanol–water partition coefficient (Wildman–Crippen LogP) is 8.21. The fourth-order valence-electron chi connectivity index (χ4n) is 4.78. The Morgan fingerprint density at radius 1 is 0.688 bits per heavy atom. The minimum Gasteiger partial charge on any atom is -0.264 e. The van der Waals surface area contributed by atoms with Gasteiger partial charge in [0, 0.05) is 12.4 Å². The first-order valence-electron chi connectivity index (χ1n) is 10.8. The second kappa shape index (κ2) is 8.27. The Bertz CT molecular complexity index is 1340. The highest BCUT2D eigenvalue weighted by atomic mass is 19.4. The van der Waals surface area contributed by atoms with Gasteiger partial charge in [-0.25, -0.2) is 0 Å². The van der Waals surface area contributed by atoms with Crippen LogP contribution in [0.4, 0.5) is 13.2 Å². The van der Waals surface area contributed by atoms with E-state index in [4.69, 9.17) is 0 Å². The zero-order valence-corrected chi connectivity index (χ0v) is 17.4. The molecule has 4 aromatic carbocycles. The molecule has 5 aromatic rings. The predicted molar refractivity (Wildman–Crippen MR) is 125 cm³/mol. The lowest BCUT2D eigenvalue weighted by Crippen LogP contribution is -2.25. The number of rotatable bonds is 0. The van der Waals surface area contributed by atoms with Crippen molar-refractivity contribution in [3.8, 4) is 0 Å². The number of fused-ring (bicyclic) bond motifs is 6. The van der Waals surface area contributed by atoms with E-state index in [0.717, 1.165) is 33.5 Å². The molecule has 1 aliphatic carbocycles. The van der Waals surface area contributed by atoms with Crippen molar-refractivity contribution in [1.29, 1.82) is 0 Å². The van der Waals surface area contributed by atoms with Gasteiger partial charge in [-0.3, -0.25) is 4.98 Å². The van der Waals surface area contributed by atoms with Gasteiger partial charge in [0.15, 0.2) is 0 Å². The third-order valence-electron chi connectivity index (χ3n) is 6.31. The molecule has 4 heteroatoms. The maximum Gasteiger partial charge on any atom is 0.395 e. The minimum absolute atomic E-state index is 0.204. The van der Waals surface area contributed by atoms with Gasteiger partial charge in [-0.1, -0.05) is 72.8 Å². The van der Waals surface area contributed by atoms with E-state index < -0.39 is 12.1 Å². The molecule has 0 spiro atoms. The Hall–Kier alpha value is -3.40. The summed E-state index contributed by atoms with van der Waals surface area (Å²) in [6.07, 6.45) is 1.06. The number of aryl methyl sites for hydroxylation is 1. The van der Waals surface area contributed by atoms with E-state index in [9.17, 15) is 13.2 Å². The summed E-state index contributed by atoms with van der Waals surface area (Å²) >= 11 is 0. The van der Waals surface area contributed by atoms with Crippen molar-refractivity contribution in [3.05, 3.63) is 102 Å². The van der Waals surface area contributed by atoms with E-state index in [0.29, 0.717) is 12.0 Å². The number of alkyl halides is 3. The Kier molecular flexibility index (Phi) is 5.30. The van der Waals surface area contributed by atoms with Crippen LogP contribution in [0.2, 0.25) is 0 Å². The van der Waals surface area contributed by atoms with Crippen LogP contribution in [0.1, 0.15) is 29.9 Å². The molecule has 1 unspecified atom stereocenters. The summed E-state index contributed by atoms with van der Waals surface area (Å²) in [5.41, 5.74) is 1.36. The number of pyridine rings is 1. The van der Waals surface area contributed by atoms with E-state index in [1.54, 1.807) is 6.07 Å². The smallest absolute Gasteiger partial charge is 0.264 e. The molecule has 0 amide bonds. The van der Waals surface area contributed by atoms with Gasteiger partial charge in [0.1, 0.15) is 0 Å². The van der Waals surface area contributed by atoms with Gasteiger partial charge in [0.25, 0.3) is 0 Å². The summed E-state index contributed by atoms with van der Waals surface area (Å²) in [6.45, 7) is 0.